The highest BCUT2D eigenvalue weighted by Crippen LogP contribution is 2.32. The number of rotatable bonds is 0. The number of nitrogens with two attached hydrogens (primary N) is 2. The highest BCUT2D eigenvalue weighted by atomic mass is 19.1. The van der Waals surface area contributed by atoms with E-state index in [1.165, 1.54) is 0 Å². The molecule has 12 heavy (non-hydrogen) atoms. The lowest BCUT2D eigenvalue weighted by atomic mass is 10.1. The van der Waals surface area contributed by atoms with Crippen LogP contribution in [0.25, 0.3) is 0 Å². The molecule has 1 atom stereocenters. The molecular formula is C9H11FN2. The third kappa shape index (κ3) is 0.898. The maximum Gasteiger partial charge on any atom is 0.149 e. The van der Waals surface area contributed by atoms with E-state index in [0.717, 1.165) is 12.0 Å². The number of benzene rings is 1. The molecule has 0 aliphatic heterocycles. The molecule has 0 unspecified atom stereocenters. The van der Waals surface area contributed by atoms with Crippen LogP contribution in [0.15, 0.2) is 12.1 Å². The van der Waals surface area contributed by atoms with Gasteiger partial charge in [-0.3, -0.25) is 0 Å². The maximum atomic E-state index is 13.3. The fourth-order valence-corrected chi connectivity index (χ4v) is 1.71. The van der Waals surface area contributed by atoms with E-state index in [0.29, 0.717) is 12.0 Å². The smallest absolute Gasteiger partial charge is 0.149 e. The van der Waals surface area contributed by atoms with Crippen LogP contribution in [0.5, 0.6) is 0 Å². The molecule has 0 fully saturated rings. The van der Waals surface area contributed by atoms with Gasteiger partial charge in [0, 0.05) is 6.04 Å². The predicted octanol–water partition coefficient (Wildman–Crippen LogP) is 1.35. The van der Waals surface area contributed by atoms with Crippen molar-refractivity contribution in [1.82, 2.24) is 0 Å². The van der Waals surface area contributed by atoms with Crippen molar-refractivity contribution in [3.8, 4) is 0 Å². The number of anilines is 1. The largest absolute Gasteiger partial charge is 0.396 e. The summed E-state index contributed by atoms with van der Waals surface area (Å²) in [6, 6.07) is 3.40. The Morgan fingerprint density at radius 2 is 2.17 bits per heavy atom. The van der Waals surface area contributed by atoms with Gasteiger partial charge >= 0.3 is 0 Å². The minimum absolute atomic E-state index is 0.00454. The molecule has 0 aromatic heterocycles. The van der Waals surface area contributed by atoms with Crippen molar-refractivity contribution in [1.29, 1.82) is 0 Å². The van der Waals surface area contributed by atoms with Gasteiger partial charge in [-0.15, -0.1) is 0 Å². The molecule has 0 radical (unpaired) electrons. The van der Waals surface area contributed by atoms with Crippen LogP contribution in [0, 0.1) is 5.82 Å². The number of fused-ring (bicyclic) bond motifs is 1. The predicted molar refractivity (Wildman–Crippen MR) is 46.1 cm³/mol. The van der Waals surface area contributed by atoms with Crippen molar-refractivity contribution in [2.75, 3.05) is 5.73 Å². The first-order chi connectivity index (χ1) is 5.70. The van der Waals surface area contributed by atoms with E-state index in [1.807, 2.05) is 6.07 Å². The van der Waals surface area contributed by atoms with Crippen LogP contribution >= 0.6 is 0 Å². The zero-order valence-corrected chi connectivity index (χ0v) is 6.68. The van der Waals surface area contributed by atoms with E-state index in [2.05, 4.69) is 0 Å². The maximum absolute atomic E-state index is 13.3. The third-order valence-corrected chi connectivity index (χ3v) is 2.41. The zero-order valence-electron chi connectivity index (χ0n) is 6.68. The van der Waals surface area contributed by atoms with E-state index in [1.54, 1.807) is 6.07 Å². The normalized spacial score (nSPS) is 21.0. The Kier molecular flexibility index (Phi) is 1.54. The highest BCUT2D eigenvalue weighted by molar-refractivity contribution is 5.49. The standard InChI is InChI=1S/C9H11FN2/c10-9-6-2-3-7(11)5(6)1-4-8(9)12/h1,4,7H,2-3,11-12H2/t7-/m1/s1. The Balaban J connectivity index is 2.60. The molecule has 0 heterocycles. The van der Waals surface area contributed by atoms with E-state index >= 15 is 0 Å². The Morgan fingerprint density at radius 3 is 2.92 bits per heavy atom. The molecule has 64 valence electrons. The molecule has 0 saturated carbocycles. The first kappa shape index (κ1) is 7.55. The third-order valence-electron chi connectivity index (χ3n) is 2.41. The lowest BCUT2D eigenvalue weighted by molar-refractivity contribution is 0.617. The summed E-state index contributed by atoms with van der Waals surface area (Å²) in [4.78, 5) is 0. The van der Waals surface area contributed by atoms with Crippen LogP contribution in [0.3, 0.4) is 0 Å². The summed E-state index contributed by atoms with van der Waals surface area (Å²) < 4.78 is 13.3. The molecule has 4 N–H and O–H groups in total. The summed E-state index contributed by atoms with van der Waals surface area (Å²) in [5, 5.41) is 0. The summed E-state index contributed by atoms with van der Waals surface area (Å²) in [6.45, 7) is 0. The SMILES string of the molecule is Nc1ccc2c(c1F)CC[C@H]2N. The van der Waals surface area contributed by atoms with Gasteiger partial charge in [-0.2, -0.15) is 0 Å². The quantitative estimate of drug-likeness (QED) is 0.571. The molecule has 2 rings (SSSR count). The van der Waals surface area contributed by atoms with E-state index in [9.17, 15) is 4.39 Å². The summed E-state index contributed by atoms with van der Waals surface area (Å²) in [5.74, 6) is -0.277. The molecule has 0 bridgehead atoms. The Bertz CT molecular complexity index is 323. The van der Waals surface area contributed by atoms with Crippen LogP contribution in [-0.4, -0.2) is 0 Å². The summed E-state index contributed by atoms with van der Waals surface area (Å²) in [6.07, 6.45) is 1.54. The van der Waals surface area contributed by atoms with Crippen molar-refractivity contribution in [2.45, 2.75) is 18.9 Å². The summed E-state index contributed by atoms with van der Waals surface area (Å²) >= 11 is 0. The fourth-order valence-electron chi connectivity index (χ4n) is 1.71. The number of halogens is 1. The zero-order chi connectivity index (χ0) is 8.72. The molecule has 1 aliphatic rings. The van der Waals surface area contributed by atoms with Crippen LogP contribution in [0.2, 0.25) is 0 Å². The Labute approximate surface area is 70.4 Å². The van der Waals surface area contributed by atoms with Gasteiger partial charge in [0.15, 0.2) is 0 Å². The number of hydrogen-bond acceptors (Lipinski definition) is 2. The van der Waals surface area contributed by atoms with Gasteiger partial charge < -0.3 is 11.5 Å². The van der Waals surface area contributed by atoms with Crippen molar-refractivity contribution >= 4 is 5.69 Å². The van der Waals surface area contributed by atoms with Gasteiger partial charge in [-0.1, -0.05) is 6.07 Å². The summed E-state index contributed by atoms with van der Waals surface area (Å²) in [5.41, 5.74) is 13.0. The van der Waals surface area contributed by atoms with Gasteiger partial charge in [0.25, 0.3) is 0 Å². The number of nitrogen functional groups attached to an aromatic ring is 1. The second-order valence-electron chi connectivity index (χ2n) is 3.18. The van der Waals surface area contributed by atoms with E-state index in [4.69, 9.17) is 11.5 Å². The average Bonchev–Trinajstić information content (AvgIpc) is 2.41. The van der Waals surface area contributed by atoms with Crippen LogP contribution in [0.4, 0.5) is 10.1 Å². The fraction of sp³-hybridized carbons (Fsp3) is 0.333. The van der Waals surface area contributed by atoms with Gasteiger partial charge in [0.05, 0.1) is 5.69 Å². The first-order valence-electron chi connectivity index (χ1n) is 4.02. The Morgan fingerprint density at radius 1 is 1.42 bits per heavy atom. The van der Waals surface area contributed by atoms with E-state index < -0.39 is 0 Å². The molecule has 0 spiro atoms. The molecular weight excluding hydrogens is 155 g/mol. The minimum atomic E-state index is -0.277. The van der Waals surface area contributed by atoms with Gasteiger partial charge in [-0.25, -0.2) is 4.39 Å². The lowest BCUT2D eigenvalue weighted by Crippen LogP contribution is -2.05. The molecule has 1 aromatic carbocycles. The van der Waals surface area contributed by atoms with Crippen molar-refractivity contribution in [3.63, 3.8) is 0 Å². The molecule has 0 saturated heterocycles. The lowest BCUT2D eigenvalue weighted by Gasteiger charge is -2.05. The molecule has 0 amide bonds. The molecule has 1 aromatic rings. The highest BCUT2D eigenvalue weighted by Gasteiger charge is 2.22. The topological polar surface area (TPSA) is 52.0 Å². The van der Waals surface area contributed by atoms with Crippen molar-refractivity contribution < 1.29 is 4.39 Å². The molecule has 3 heteroatoms. The average molecular weight is 166 g/mol. The van der Waals surface area contributed by atoms with Crippen LogP contribution in [0.1, 0.15) is 23.6 Å². The second kappa shape index (κ2) is 2.45. The van der Waals surface area contributed by atoms with Crippen molar-refractivity contribution in [2.24, 2.45) is 5.73 Å². The number of hydrogen-bond donors (Lipinski definition) is 2. The van der Waals surface area contributed by atoms with Gasteiger partial charge in [-0.05, 0) is 30.0 Å². The summed E-state index contributed by atoms with van der Waals surface area (Å²) in [7, 11) is 0. The van der Waals surface area contributed by atoms with Crippen molar-refractivity contribution in [3.05, 3.63) is 29.1 Å². The van der Waals surface area contributed by atoms with Gasteiger partial charge in [0.1, 0.15) is 5.82 Å². The Hall–Kier alpha value is -1.09. The van der Waals surface area contributed by atoms with Gasteiger partial charge in [0.2, 0.25) is 0 Å². The minimum Gasteiger partial charge on any atom is -0.396 e. The second-order valence-corrected chi connectivity index (χ2v) is 3.18. The first-order valence-corrected chi connectivity index (χ1v) is 4.02. The van der Waals surface area contributed by atoms with Crippen LogP contribution in [-0.2, 0) is 6.42 Å². The van der Waals surface area contributed by atoms with E-state index in [-0.39, 0.29) is 17.5 Å². The monoisotopic (exact) mass is 166 g/mol. The molecule has 1 aliphatic carbocycles. The van der Waals surface area contributed by atoms with Crippen LogP contribution < -0.4 is 11.5 Å². The molecule has 2 nitrogen and oxygen atoms in total.